The van der Waals surface area contributed by atoms with Gasteiger partial charge in [-0.25, -0.2) is 9.78 Å². The molecule has 0 saturated carbocycles. The van der Waals surface area contributed by atoms with Crippen molar-refractivity contribution in [2.45, 2.75) is 19.8 Å². The third kappa shape index (κ3) is 3.09. The Morgan fingerprint density at radius 3 is 2.72 bits per heavy atom. The molecule has 3 rings (SSSR count). The molecule has 2 N–H and O–H groups in total. The minimum atomic E-state index is -0.420. The first kappa shape index (κ1) is 17.0. The predicted molar refractivity (Wildman–Crippen MR) is 91.9 cm³/mol. The molecule has 3 heterocycles. The first-order chi connectivity index (χ1) is 11.9. The Hall–Kier alpha value is -2.82. The summed E-state index contributed by atoms with van der Waals surface area (Å²) < 4.78 is 6.10. The minimum absolute atomic E-state index is 0.201. The van der Waals surface area contributed by atoms with E-state index in [1.165, 1.54) is 11.6 Å². The van der Waals surface area contributed by atoms with Gasteiger partial charge in [-0.15, -0.1) is 5.10 Å². The molecule has 0 aromatic carbocycles. The van der Waals surface area contributed by atoms with Gasteiger partial charge in [-0.05, 0) is 24.9 Å². The van der Waals surface area contributed by atoms with Crippen LogP contribution in [0.5, 0.6) is 0 Å². The van der Waals surface area contributed by atoms with Crippen molar-refractivity contribution >= 4 is 28.6 Å². The van der Waals surface area contributed by atoms with Gasteiger partial charge in [-0.2, -0.15) is 0 Å². The number of hydrogen-bond donors (Lipinski definition) is 2. The molecule has 10 nitrogen and oxygen atoms in total. The molecule has 0 bridgehead atoms. The zero-order valence-electron chi connectivity index (χ0n) is 14.0. The second-order valence-electron chi connectivity index (χ2n) is 5.63. The molecule has 0 spiro atoms. The van der Waals surface area contributed by atoms with Gasteiger partial charge in [0.15, 0.2) is 5.65 Å². The van der Waals surface area contributed by atoms with E-state index in [1.54, 1.807) is 14.0 Å². The number of hydrogen-bond acceptors (Lipinski definition) is 7. The first-order valence-electron chi connectivity index (χ1n) is 7.62. The third-order valence-corrected chi connectivity index (χ3v) is 4.70. The number of aromatic amines is 1. The van der Waals surface area contributed by atoms with Crippen LogP contribution >= 0.6 is 11.5 Å². The molecule has 0 aliphatic carbocycles. The van der Waals surface area contributed by atoms with Crippen LogP contribution < -0.4 is 16.6 Å². The summed E-state index contributed by atoms with van der Waals surface area (Å²) in [5.41, 5.74) is 0.416. The molecule has 11 heteroatoms. The average Bonchev–Trinajstić information content (AvgIpc) is 3.21. The second kappa shape index (κ2) is 6.59. The van der Waals surface area contributed by atoms with E-state index in [2.05, 4.69) is 24.9 Å². The predicted octanol–water partition coefficient (Wildman–Crippen LogP) is -0.517. The van der Waals surface area contributed by atoms with Gasteiger partial charge in [-0.1, -0.05) is 4.49 Å². The van der Waals surface area contributed by atoms with Crippen molar-refractivity contribution in [1.82, 2.24) is 34.0 Å². The third-order valence-electron chi connectivity index (χ3n) is 3.88. The van der Waals surface area contributed by atoms with Crippen LogP contribution in [-0.2, 0) is 20.5 Å². The van der Waals surface area contributed by atoms with Crippen LogP contribution in [0.4, 0.5) is 0 Å². The van der Waals surface area contributed by atoms with Gasteiger partial charge in [0.2, 0.25) is 0 Å². The van der Waals surface area contributed by atoms with Crippen LogP contribution in [0, 0.1) is 6.92 Å². The Morgan fingerprint density at radius 1 is 1.28 bits per heavy atom. The molecule has 0 radical (unpaired) electrons. The van der Waals surface area contributed by atoms with Crippen LogP contribution in [0.15, 0.2) is 9.59 Å². The number of carbonyl (C=O) groups excluding carboxylic acids is 1. The van der Waals surface area contributed by atoms with E-state index in [4.69, 9.17) is 0 Å². The summed E-state index contributed by atoms with van der Waals surface area (Å²) in [6.45, 7) is 2.18. The highest BCUT2D eigenvalue weighted by Crippen LogP contribution is 2.09. The highest BCUT2D eigenvalue weighted by molar-refractivity contribution is 7.07. The van der Waals surface area contributed by atoms with Crippen LogP contribution in [0.2, 0.25) is 0 Å². The van der Waals surface area contributed by atoms with E-state index in [-0.39, 0.29) is 5.91 Å². The summed E-state index contributed by atoms with van der Waals surface area (Å²) in [4.78, 5) is 43.8. The number of nitrogens with zero attached hydrogens (tertiary/aromatic N) is 5. The lowest BCUT2D eigenvalue weighted by atomic mass is 10.3. The van der Waals surface area contributed by atoms with Crippen LogP contribution in [0.25, 0.3) is 11.2 Å². The average molecular weight is 363 g/mol. The molecule has 132 valence electrons. The fourth-order valence-electron chi connectivity index (χ4n) is 2.47. The van der Waals surface area contributed by atoms with Crippen molar-refractivity contribution in [2.24, 2.45) is 14.1 Å². The molecule has 0 fully saturated rings. The molecule has 0 atom stereocenters. The molecule has 25 heavy (non-hydrogen) atoms. The van der Waals surface area contributed by atoms with Gasteiger partial charge in [0, 0.05) is 27.1 Å². The van der Waals surface area contributed by atoms with E-state index in [0.29, 0.717) is 46.9 Å². The quantitative estimate of drug-likeness (QED) is 0.587. The van der Waals surface area contributed by atoms with Crippen molar-refractivity contribution in [3.8, 4) is 0 Å². The summed E-state index contributed by atoms with van der Waals surface area (Å²) in [7, 11) is 3.00. The number of fused-ring (bicyclic) bond motifs is 1. The van der Waals surface area contributed by atoms with Gasteiger partial charge < -0.3 is 10.3 Å². The second-order valence-corrected chi connectivity index (χ2v) is 6.39. The summed E-state index contributed by atoms with van der Waals surface area (Å²) in [5, 5.41) is 6.60. The Kier molecular flexibility index (Phi) is 4.49. The highest BCUT2D eigenvalue weighted by atomic mass is 32.1. The summed E-state index contributed by atoms with van der Waals surface area (Å²) in [5.74, 6) is 0.395. The lowest BCUT2D eigenvalue weighted by molar-refractivity contribution is 0.0956. The topological polar surface area (TPSA) is 128 Å². The van der Waals surface area contributed by atoms with Crippen molar-refractivity contribution < 1.29 is 4.79 Å². The number of carbonyl (C=O) groups is 1. The summed E-state index contributed by atoms with van der Waals surface area (Å²) in [6, 6.07) is 0. The van der Waals surface area contributed by atoms with Gasteiger partial charge >= 0.3 is 5.69 Å². The SMILES string of the molecule is Cc1nnsc1C(=O)NCCCc1nc2c([nH]1)c(=O)n(C)c(=O)n2C. The van der Waals surface area contributed by atoms with Crippen LogP contribution in [-0.4, -0.2) is 41.1 Å². The normalized spacial score (nSPS) is 11.2. The summed E-state index contributed by atoms with van der Waals surface area (Å²) >= 11 is 1.06. The zero-order valence-corrected chi connectivity index (χ0v) is 14.8. The number of rotatable bonds is 5. The zero-order chi connectivity index (χ0) is 18.1. The van der Waals surface area contributed by atoms with Crippen molar-refractivity contribution in [1.29, 1.82) is 0 Å². The van der Waals surface area contributed by atoms with Gasteiger partial charge in [0.25, 0.3) is 11.5 Å². The fraction of sp³-hybridized carbons (Fsp3) is 0.429. The maximum Gasteiger partial charge on any atom is 0.332 e. The molecular weight excluding hydrogens is 346 g/mol. The molecular formula is C14H17N7O3S. The first-order valence-corrected chi connectivity index (χ1v) is 8.39. The Morgan fingerprint density at radius 2 is 2.04 bits per heavy atom. The molecule has 0 unspecified atom stereocenters. The van der Waals surface area contributed by atoms with E-state index < -0.39 is 11.2 Å². The van der Waals surface area contributed by atoms with E-state index in [1.807, 2.05) is 0 Å². The highest BCUT2D eigenvalue weighted by Gasteiger charge is 2.14. The van der Waals surface area contributed by atoms with Crippen LogP contribution in [0.1, 0.15) is 27.6 Å². The fourth-order valence-corrected chi connectivity index (χ4v) is 3.04. The Balaban J connectivity index is 1.66. The maximum atomic E-state index is 12.1. The smallest absolute Gasteiger partial charge is 0.332 e. The lowest BCUT2D eigenvalue weighted by Gasteiger charge is -2.02. The molecule has 3 aromatic heterocycles. The van der Waals surface area contributed by atoms with Crippen LogP contribution in [0.3, 0.4) is 0 Å². The van der Waals surface area contributed by atoms with Gasteiger partial charge in [0.1, 0.15) is 16.2 Å². The maximum absolute atomic E-state index is 12.1. The van der Waals surface area contributed by atoms with Crippen molar-refractivity contribution in [3.63, 3.8) is 0 Å². The number of amides is 1. The standard InChI is InChI=1S/C14H17N7O3S/c1-7-10(25-19-18-7)12(22)15-6-4-5-8-16-9-11(17-8)20(2)14(24)21(3)13(9)23/h4-6H2,1-3H3,(H,15,22)(H,16,17). The van der Waals surface area contributed by atoms with Crippen molar-refractivity contribution in [3.05, 3.63) is 37.2 Å². The Labute approximate surface area is 145 Å². The molecule has 1 amide bonds. The summed E-state index contributed by atoms with van der Waals surface area (Å²) in [6.07, 6.45) is 1.16. The molecule has 0 aliphatic heterocycles. The van der Waals surface area contributed by atoms with Gasteiger partial charge in [-0.3, -0.25) is 18.7 Å². The number of imidazole rings is 1. The van der Waals surface area contributed by atoms with E-state index in [9.17, 15) is 14.4 Å². The molecule has 0 aliphatic rings. The van der Waals surface area contributed by atoms with Gasteiger partial charge in [0.05, 0.1) is 5.69 Å². The monoisotopic (exact) mass is 363 g/mol. The number of nitrogens with one attached hydrogen (secondary N) is 2. The largest absolute Gasteiger partial charge is 0.351 e. The minimum Gasteiger partial charge on any atom is -0.351 e. The number of aryl methyl sites for hydroxylation is 3. The van der Waals surface area contributed by atoms with E-state index >= 15 is 0 Å². The van der Waals surface area contributed by atoms with E-state index in [0.717, 1.165) is 16.1 Å². The number of aromatic nitrogens is 6. The van der Waals surface area contributed by atoms with Crippen molar-refractivity contribution in [2.75, 3.05) is 6.54 Å². The molecule has 3 aromatic rings. The lowest BCUT2D eigenvalue weighted by Crippen LogP contribution is -2.36. The number of H-pyrrole nitrogens is 1. The Bertz CT molecular complexity index is 1060. The molecule has 0 saturated heterocycles.